The van der Waals surface area contributed by atoms with E-state index in [2.05, 4.69) is 11.1 Å². The molecule has 2 aromatic rings. The van der Waals surface area contributed by atoms with E-state index >= 15 is 0 Å². The maximum atomic E-state index is 8.85. The Morgan fingerprint density at radius 2 is 2.29 bits per heavy atom. The van der Waals surface area contributed by atoms with Crippen LogP contribution in [0.4, 0.5) is 0 Å². The lowest BCUT2D eigenvalue weighted by Gasteiger charge is -1.96. The smallest absolute Gasteiger partial charge is 0.0991 e. The molecule has 3 nitrogen and oxygen atoms in total. The molecule has 0 saturated heterocycles. The van der Waals surface area contributed by atoms with Crippen molar-refractivity contribution >= 4 is 11.3 Å². The Hall–Kier alpha value is -1.70. The summed E-state index contributed by atoms with van der Waals surface area (Å²) in [6, 6.07) is 9.65. The van der Waals surface area contributed by atoms with Gasteiger partial charge in [0.15, 0.2) is 0 Å². The summed E-state index contributed by atoms with van der Waals surface area (Å²) in [5, 5.41) is 12.0. The van der Waals surface area contributed by atoms with E-state index in [1.807, 2.05) is 23.6 Å². The molecule has 0 atom stereocenters. The second-order valence-corrected chi connectivity index (χ2v) is 4.65. The van der Waals surface area contributed by atoms with Crippen LogP contribution in [0, 0.1) is 11.3 Å². The molecule has 0 amide bonds. The number of aryl methyl sites for hydroxylation is 1. The third kappa shape index (κ3) is 2.90. The van der Waals surface area contributed by atoms with Crippen molar-refractivity contribution in [1.29, 1.82) is 5.26 Å². The van der Waals surface area contributed by atoms with Crippen molar-refractivity contribution in [1.82, 2.24) is 4.98 Å². The third-order valence-corrected chi connectivity index (χ3v) is 3.34. The van der Waals surface area contributed by atoms with Gasteiger partial charge in [0.25, 0.3) is 0 Å². The van der Waals surface area contributed by atoms with Gasteiger partial charge < -0.3 is 5.73 Å². The van der Waals surface area contributed by atoms with Crippen molar-refractivity contribution in [3.63, 3.8) is 0 Å². The van der Waals surface area contributed by atoms with Gasteiger partial charge >= 0.3 is 0 Å². The number of hydrogen-bond acceptors (Lipinski definition) is 4. The largest absolute Gasteiger partial charge is 0.330 e. The average Bonchev–Trinajstić information content (AvgIpc) is 2.85. The molecule has 2 rings (SSSR count). The van der Waals surface area contributed by atoms with E-state index in [9.17, 15) is 0 Å². The van der Waals surface area contributed by atoms with E-state index in [4.69, 9.17) is 11.0 Å². The molecule has 17 heavy (non-hydrogen) atoms. The minimum Gasteiger partial charge on any atom is -0.330 e. The maximum absolute atomic E-state index is 8.85. The highest BCUT2D eigenvalue weighted by Crippen LogP contribution is 2.23. The van der Waals surface area contributed by atoms with Crippen LogP contribution in [0.5, 0.6) is 0 Å². The van der Waals surface area contributed by atoms with Crippen molar-refractivity contribution in [2.24, 2.45) is 5.73 Å². The highest BCUT2D eigenvalue weighted by molar-refractivity contribution is 7.09. The van der Waals surface area contributed by atoms with Crippen LogP contribution in [0.1, 0.15) is 17.0 Å². The molecule has 1 heterocycles. The van der Waals surface area contributed by atoms with E-state index < -0.39 is 0 Å². The Labute approximate surface area is 105 Å². The van der Waals surface area contributed by atoms with Crippen molar-refractivity contribution in [2.75, 3.05) is 6.54 Å². The van der Waals surface area contributed by atoms with Gasteiger partial charge in [-0.3, -0.25) is 0 Å². The molecule has 0 aliphatic rings. The Balaban J connectivity index is 2.21. The second-order valence-electron chi connectivity index (χ2n) is 3.71. The molecule has 0 aliphatic heterocycles. The van der Waals surface area contributed by atoms with Crippen molar-refractivity contribution in [2.45, 2.75) is 12.8 Å². The van der Waals surface area contributed by atoms with E-state index in [1.54, 1.807) is 17.4 Å². The quantitative estimate of drug-likeness (QED) is 0.897. The van der Waals surface area contributed by atoms with Crippen molar-refractivity contribution in [3.05, 3.63) is 40.2 Å². The van der Waals surface area contributed by atoms with Crippen LogP contribution < -0.4 is 5.73 Å². The summed E-state index contributed by atoms with van der Waals surface area (Å²) in [7, 11) is 0. The standard InChI is InChI=1S/C13H13N3S/c14-6-2-5-13-16-12(9-17-13)11-4-1-3-10(7-11)8-15/h1,3-4,7,9H,2,5-6,14H2. The summed E-state index contributed by atoms with van der Waals surface area (Å²) < 4.78 is 0. The van der Waals surface area contributed by atoms with Gasteiger partial charge in [-0.05, 0) is 25.1 Å². The number of nitrogens with zero attached hydrogens (tertiary/aromatic N) is 2. The summed E-state index contributed by atoms with van der Waals surface area (Å²) in [6.07, 6.45) is 1.89. The van der Waals surface area contributed by atoms with Gasteiger partial charge in [-0.1, -0.05) is 12.1 Å². The molecule has 0 aliphatic carbocycles. The normalized spacial score (nSPS) is 10.1. The first kappa shape index (κ1) is 11.8. The molecule has 0 bridgehead atoms. The average molecular weight is 243 g/mol. The minimum atomic E-state index is 0.666. The molecular weight excluding hydrogens is 230 g/mol. The molecule has 0 radical (unpaired) electrons. The number of benzene rings is 1. The molecule has 0 fully saturated rings. The lowest BCUT2D eigenvalue weighted by Crippen LogP contribution is -1.99. The molecular formula is C13H13N3S. The maximum Gasteiger partial charge on any atom is 0.0991 e. The second kappa shape index (κ2) is 5.58. The van der Waals surface area contributed by atoms with Crippen LogP contribution in [-0.2, 0) is 6.42 Å². The summed E-state index contributed by atoms with van der Waals surface area (Å²) in [6.45, 7) is 0.693. The molecule has 0 saturated carbocycles. The number of thiazole rings is 1. The summed E-state index contributed by atoms with van der Waals surface area (Å²) in [4.78, 5) is 4.55. The lowest BCUT2D eigenvalue weighted by molar-refractivity contribution is 0.827. The molecule has 2 N–H and O–H groups in total. The molecule has 1 aromatic heterocycles. The van der Waals surface area contributed by atoms with Gasteiger partial charge in [0, 0.05) is 17.4 Å². The predicted octanol–water partition coefficient (Wildman–Crippen LogP) is 2.57. The van der Waals surface area contributed by atoms with E-state index in [0.29, 0.717) is 12.1 Å². The minimum absolute atomic E-state index is 0.666. The number of nitriles is 1. The Morgan fingerprint density at radius 3 is 3.06 bits per heavy atom. The summed E-state index contributed by atoms with van der Waals surface area (Å²) >= 11 is 1.65. The topological polar surface area (TPSA) is 62.7 Å². The zero-order chi connectivity index (χ0) is 12.1. The first-order chi connectivity index (χ1) is 8.33. The van der Waals surface area contributed by atoms with Crippen LogP contribution in [0.15, 0.2) is 29.6 Å². The lowest BCUT2D eigenvalue weighted by atomic mass is 10.1. The van der Waals surface area contributed by atoms with Crippen molar-refractivity contribution in [3.8, 4) is 17.3 Å². The number of nitrogens with two attached hydrogens (primary N) is 1. The molecule has 1 aromatic carbocycles. The van der Waals surface area contributed by atoms with Gasteiger partial charge in [0.2, 0.25) is 0 Å². The van der Waals surface area contributed by atoms with Crippen LogP contribution in [0.25, 0.3) is 11.3 Å². The highest BCUT2D eigenvalue weighted by atomic mass is 32.1. The van der Waals surface area contributed by atoms with Crippen LogP contribution in [-0.4, -0.2) is 11.5 Å². The van der Waals surface area contributed by atoms with Gasteiger partial charge in [0.1, 0.15) is 0 Å². The molecule has 86 valence electrons. The van der Waals surface area contributed by atoms with Gasteiger partial charge in [-0.25, -0.2) is 4.98 Å². The van der Waals surface area contributed by atoms with E-state index in [-0.39, 0.29) is 0 Å². The van der Waals surface area contributed by atoms with Gasteiger partial charge in [0.05, 0.1) is 22.3 Å². The zero-order valence-corrected chi connectivity index (χ0v) is 10.2. The Morgan fingerprint density at radius 1 is 1.41 bits per heavy atom. The first-order valence-electron chi connectivity index (χ1n) is 5.48. The SMILES string of the molecule is N#Cc1cccc(-c2csc(CCCN)n2)c1. The fraction of sp³-hybridized carbons (Fsp3) is 0.231. The fourth-order valence-corrected chi connectivity index (χ4v) is 2.41. The summed E-state index contributed by atoms with van der Waals surface area (Å²) in [5.74, 6) is 0. The van der Waals surface area contributed by atoms with Gasteiger partial charge in [-0.2, -0.15) is 5.26 Å². The molecule has 4 heteroatoms. The molecule has 0 unspecified atom stereocenters. The van der Waals surface area contributed by atoms with E-state index in [1.165, 1.54) is 0 Å². The number of aromatic nitrogens is 1. The Kier molecular flexibility index (Phi) is 3.86. The first-order valence-corrected chi connectivity index (χ1v) is 6.36. The zero-order valence-electron chi connectivity index (χ0n) is 9.39. The highest BCUT2D eigenvalue weighted by Gasteiger charge is 2.04. The monoisotopic (exact) mass is 243 g/mol. The van der Waals surface area contributed by atoms with Crippen LogP contribution in [0.3, 0.4) is 0 Å². The summed E-state index contributed by atoms with van der Waals surface area (Å²) in [5.41, 5.74) is 8.08. The Bertz CT molecular complexity index is 540. The van der Waals surface area contributed by atoms with E-state index in [0.717, 1.165) is 29.1 Å². The predicted molar refractivity (Wildman–Crippen MR) is 69.6 cm³/mol. The number of hydrogen-bond donors (Lipinski definition) is 1. The third-order valence-electron chi connectivity index (χ3n) is 2.43. The molecule has 0 spiro atoms. The van der Waals surface area contributed by atoms with Crippen LogP contribution >= 0.6 is 11.3 Å². The fourth-order valence-electron chi connectivity index (χ4n) is 1.56. The van der Waals surface area contributed by atoms with Crippen molar-refractivity contribution < 1.29 is 0 Å². The number of rotatable bonds is 4. The van der Waals surface area contributed by atoms with Gasteiger partial charge in [-0.15, -0.1) is 11.3 Å². The van der Waals surface area contributed by atoms with Crippen LogP contribution in [0.2, 0.25) is 0 Å².